The number of hydrogen-bond acceptors (Lipinski definition) is 2. The predicted octanol–water partition coefficient (Wildman–Crippen LogP) is 4.73. The Morgan fingerprint density at radius 3 is 2.78 bits per heavy atom. The molecular formula is C14H13BrClNO. The number of hydrogen-bond donors (Lipinski definition) is 2. The summed E-state index contributed by atoms with van der Waals surface area (Å²) in [5.74, 6) is 0.345. The van der Waals surface area contributed by atoms with E-state index < -0.39 is 0 Å². The Morgan fingerprint density at radius 1 is 1.28 bits per heavy atom. The van der Waals surface area contributed by atoms with E-state index in [1.165, 1.54) is 0 Å². The SMILES string of the molecule is Cc1cccc(CNc2ccc(Cl)c(Br)c2)c1O. The molecule has 18 heavy (non-hydrogen) atoms. The second-order valence-electron chi connectivity index (χ2n) is 4.07. The van der Waals surface area contributed by atoms with Gasteiger partial charge >= 0.3 is 0 Å². The third kappa shape index (κ3) is 2.98. The van der Waals surface area contributed by atoms with Crippen molar-refractivity contribution in [1.82, 2.24) is 0 Å². The van der Waals surface area contributed by atoms with E-state index in [1.54, 1.807) is 0 Å². The number of halogens is 2. The van der Waals surface area contributed by atoms with Crippen LogP contribution in [0.25, 0.3) is 0 Å². The fourth-order valence-corrected chi connectivity index (χ4v) is 2.16. The van der Waals surface area contributed by atoms with Crippen molar-refractivity contribution >= 4 is 33.2 Å². The highest BCUT2D eigenvalue weighted by Crippen LogP contribution is 2.27. The highest BCUT2D eigenvalue weighted by molar-refractivity contribution is 9.10. The number of rotatable bonds is 3. The molecule has 0 saturated carbocycles. The molecule has 94 valence electrons. The Kier molecular flexibility index (Phi) is 4.15. The van der Waals surface area contributed by atoms with Gasteiger partial charge in [0.1, 0.15) is 5.75 Å². The Morgan fingerprint density at radius 2 is 2.06 bits per heavy atom. The van der Waals surface area contributed by atoms with Crippen LogP contribution in [-0.4, -0.2) is 5.11 Å². The van der Waals surface area contributed by atoms with Crippen molar-refractivity contribution in [3.05, 3.63) is 57.0 Å². The fraction of sp³-hybridized carbons (Fsp3) is 0.143. The summed E-state index contributed by atoms with van der Waals surface area (Å²) in [5, 5.41) is 13.8. The first kappa shape index (κ1) is 13.2. The summed E-state index contributed by atoms with van der Waals surface area (Å²) in [6, 6.07) is 11.4. The lowest BCUT2D eigenvalue weighted by molar-refractivity contribution is 0.465. The van der Waals surface area contributed by atoms with Crippen LogP contribution in [0, 0.1) is 6.92 Å². The molecule has 0 radical (unpaired) electrons. The number of aromatic hydroxyl groups is 1. The zero-order valence-electron chi connectivity index (χ0n) is 9.87. The summed E-state index contributed by atoms with van der Waals surface area (Å²) >= 11 is 9.31. The van der Waals surface area contributed by atoms with Crippen molar-refractivity contribution in [2.45, 2.75) is 13.5 Å². The van der Waals surface area contributed by atoms with E-state index in [1.807, 2.05) is 43.3 Å². The minimum Gasteiger partial charge on any atom is -0.507 e. The number of aryl methyl sites for hydroxylation is 1. The van der Waals surface area contributed by atoms with Gasteiger partial charge in [-0.3, -0.25) is 0 Å². The normalized spacial score (nSPS) is 10.4. The lowest BCUT2D eigenvalue weighted by Gasteiger charge is -2.10. The van der Waals surface area contributed by atoms with Crippen LogP contribution in [0.4, 0.5) is 5.69 Å². The van der Waals surface area contributed by atoms with E-state index in [0.29, 0.717) is 17.3 Å². The highest BCUT2D eigenvalue weighted by Gasteiger charge is 2.04. The molecule has 0 bridgehead atoms. The zero-order chi connectivity index (χ0) is 13.1. The van der Waals surface area contributed by atoms with Crippen molar-refractivity contribution in [2.75, 3.05) is 5.32 Å². The van der Waals surface area contributed by atoms with Gasteiger partial charge in [-0.25, -0.2) is 0 Å². The zero-order valence-corrected chi connectivity index (χ0v) is 12.2. The molecule has 0 unspecified atom stereocenters. The van der Waals surface area contributed by atoms with Gasteiger partial charge < -0.3 is 10.4 Å². The number of para-hydroxylation sites is 1. The number of anilines is 1. The van der Waals surface area contributed by atoms with Gasteiger partial charge in [-0.2, -0.15) is 0 Å². The quantitative estimate of drug-likeness (QED) is 0.854. The number of phenols is 1. The van der Waals surface area contributed by atoms with E-state index in [0.717, 1.165) is 21.3 Å². The van der Waals surface area contributed by atoms with Crippen LogP contribution in [0.5, 0.6) is 5.75 Å². The van der Waals surface area contributed by atoms with Crippen LogP contribution in [0.2, 0.25) is 5.02 Å². The van der Waals surface area contributed by atoms with Crippen LogP contribution >= 0.6 is 27.5 Å². The molecule has 2 aromatic rings. The summed E-state index contributed by atoms with van der Waals surface area (Å²) in [6.07, 6.45) is 0. The summed E-state index contributed by atoms with van der Waals surface area (Å²) in [7, 11) is 0. The molecule has 2 nitrogen and oxygen atoms in total. The maximum Gasteiger partial charge on any atom is 0.123 e. The Bertz CT molecular complexity index is 572. The van der Waals surface area contributed by atoms with Crippen molar-refractivity contribution in [3.63, 3.8) is 0 Å². The third-order valence-corrected chi connectivity index (χ3v) is 3.94. The van der Waals surface area contributed by atoms with E-state index in [-0.39, 0.29) is 0 Å². The molecule has 0 aliphatic rings. The first-order valence-corrected chi connectivity index (χ1v) is 6.71. The topological polar surface area (TPSA) is 32.3 Å². The molecule has 2 rings (SSSR count). The number of benzene rings is 2. The largest absolute Gasteiger partial charge is 0.507 e. The number of nitrogens with one attached hydrogen (secondary N) is 1. The minimum atomic E-state index is 0.345. The van der Waals surface area contributed by atoms with Crippen LogP contribution < -0.4 is 5.32 Å². The molecule has 0 aromatic heterocycles. The molecule has 0 aliphatic carbocycles. The summed E-state index contributed by atoms with van der Waals surface area (Å²) < 4.78 is 0.850. The molecule has 0 aliphatic heterocycles. The minimum absolute atomic E-state index is 0.345. The van der Waals surface area contributed by atoms with Crippen molar-refractivity contribution < 1.29 is 5.11 Å². The van der Waals surface area contributed by atoms with Crippen molar-refractivity contribution in [1.29, 1.82) is 0 Å². The van der Waals surface area contributed by atoms with Crippen LogP contribution in [0.15, 0.2) is 40.9 Å². The lowest BCUT2D eigenvalue weighted by atomic mass is 10.1. The number of phenolic OH excluding ortho intramolecular Hbond substituents is 1. The van der Waals surface area contributed by atoms with Crippen molar-refractivity contribution in [3.8, 4) is 5.75 Å². The predicted molar refractivity (Wildman–Crippen MR) is 79.3 cm³/mol. The molecule has 0 fully saturated rings. The maximum atomic E-state index is 9.90. The molecule has 0 amide bonds. The second kappa shape index (κ2) is 5.63. The lowest BCUT2D eigenvalue weighted by Crippen LogP contribution is -2.00. The summed E-state index contributed by atoms with van der Waals surface area (Å²) in [6.45, 7) is 2.46. The molecule has 0 heterocycles. The molecule has 4 heteroatoms. The third-order valence-electron chi connectivity index (χ3n) is 2.72. The van der Waals surface area contributed by atoms with Crippen molar-refractivity contribution in [2.24, 2.45) is 0 Å². The molecule has 2 aromatic carbocycles. The van der Waals surface area contributed by atoms with Gasteiger partial charge in [-0.15, -0.1) is 0 Å². The highest BCUT2D eigenvalue weighted by atomic mass is 79.9. The fourth-order valence-electron chi connectivity index (χ4n) is 1.67. The summed E-state index contributed by atoms with van der Waals surface area (Å²) in [4.78, 5) is 0. The maximum absolute atomic E-state index is 9.90. The van der Waals surface area contributed by atoms with Gasteiger partial charge in [0.25, 0.3) is 0 Å². The molecule has 0 atom stereocenters. The molecule has 0 saturated heterocycles. The van der Waals surface area contributed by atoms with Gasteiger partial charge in [-0.1, -0.05) is 29.8 Å². The van der Waals surface area contributed by atoms with E-state index in [2.05, 4.69) is 21.2 Å². The van der Waals surface area contributed by atoms with Crippen LogP contribution in [0.3, 0.4) is 0 Å². The molecule has 2 N–H and O–H groups in total. The van der Waals surface area contributed by atoms with Gasteiger partial charge in [0, 0.05) is 22.3 Å². The van der Waals surface area contributed by atoms with E-state index in [9.17, 15) is 5.11 Å². The summed E-state index contributed by atoms with van der Waals surface area (Å²) in [5.41, 5.74) is 2.71. The second-order valence-corrected chi connectivity index (χ2v) is 5.33. The Labute approximate surface area is 120 Å². The first-order chi connectivity index (χ1) is 8.58. The monoisotopic (exact) mass is 325 g/mol. The van der Waals surface area contributed by atoms with Crippen LogP contribution in [0.1, 0.15) is 11.1 Å². The van der Waals surface area contributed by atoms with Gasteiger partial charge in [-0.05, 0) is 46.6 Å². The molecular weight excluding hydrogens is 314 g/mol. The van der Waals surface area contributed by atoms with Crippen LogP contribution in [-0.2, 0) is 6.54 Å². The van der Waals surface area contributed by atoms with E-state index in [4.69, 9.17) is 11.6 Å². The smallest absolute Gasteiger partial charge is 0.123 e. The first-order valence-electron chi connectivity index (χ1n) is 5.54. The standard InChI is InChI=1S/C14H13BrClNO/c1-9-3-2-4-10(14(9)18)8-17-11-5-6-13(16)12(15)7-11/h2-7,17-18H,8H2,1H3. The van der Waals surface area contributed by atoms with E-state index >= 15 is 0 Å². The van der Waals surface area contributed by atoms with Gasteiger partial charge in [0.2, 0.25) is 0 Å². The van der Waals surface area contributed by atoms with Gasteiger partial charge in [0.05, 0.1) is 5.02 Å². The Balaban J connectivity index is 2.11. The van der Waals surface area contributed by atoms with Gasteiger partial charge in [0.15, 0.2) is 0 Å². The molecule has 0 spiro atoms. The Hall–Kier alpha value is -1.19. The average Bonchev–Trinajstić information content (AvgIpc) is 2.35. The average molecular weight is 327 g/mol.